The van der Waals surface area contributed by atoms with Crippen LogP contribution in [0.5, 0.6) is 0 Å². The smallest absolute Gasteiger partial charge is 0.251 e. The summed E-state index contributed by atoms with van der Waals surface area (Å²) in [4.78, 5) is 37.9. The fourth-order valence-corrected chi connectivity index (χ4v) is 6.80. The first-order valence-electron chi connectivity index (χ1n) is 14.3. The third kappa shape index (κ3) is 5.83. The summed E-state index contributed by atoms with van der Waals surface area (Å²) in [5.74, 6) is -1.61. The van der Waals surface area contributed by atoms with Gasteiger partial charge in [-0.2, -0.15) is 4.39 Å². The normalized spacial score (nSPS) is 23.0. The van der Waals surface area contributed by atoms with E-state index in [1.165, 1.54) is 14.2 Å². The molecule has 0 unspecified atom stereocenters. The second-order valence-corrected chi connectivity index (χ2v) is 12.6. The number of piperazine rings is 1. The largest absolute Gasteiger partial charge is 0.366 e. The first-order chi connectivity index (χ1) is 20.1. The average Bonchev–Trinajstić information content (AvgIpc) is 3.66. The summed E-state index contributed by atoms with van der Waals surface area (Å²) in [6, 6.07) is 5.36. The van der Waals surface area contributed by atoms with Gasteiger partial charge >= 0.3 is 0 Å². The van der Waals surface area contributed by atoms with Crippen LogP contribution in [0.1, 0.15) is 30.6 Å². The van der Waals surface area contributed by atoms with Crippen molar-refractivity contribution in [3.63, 3.8) is 0 Å². The van der Waals surface area contributed by atoms with Crippen molar-refractivity contribution in [3.05, 3.63) is 47.1 Å². The number of hydrogen-bond acceptors (Lipinski definition) is 9. The number of fused-ring (bicyclic) bond motifs is 1. The first-order valence-corrected chi connectivity index (χ1v) is 15.1. The predicted molar refractivity (Wildman–Crippen MR) is 159 cm³/mol. The molecular weight excluding hydrogens is 561 g/mol. The SMILES string of the molecule is C=C1CN(C(=O)[C@H](CC(C)C)NC(=O)c2ccc(-c3nc(N4CCN(C)CC4)sc3F)cc2)[C@H]2[C@@H]1OCC2(OC)OC. The zero-order valence-corrected chi connectivity index (χ0v) is 25.7. The lowest BCUT2D eigenvalue weighted by Crippen LogP contribution is -2.58. The van der Waals surface area contributed by atoms with Crippen LogP contribution in [0.3, 0.4) is 0 Å². The number of nitrogens with zero attached hydrogens (tertiary/aromatic N) is 4. The van der Waals surface area contributed by atoms with Crippen LogP contribution in [-0.2, 0) is 19.0 Å². The Morgan fingerprint density at radius 3 is 2.48 bits per heavy atom. The Balaban J connectivity index is 1.31. The number of carbonyl (C=O) groups is 2. The molecule has 0 spiro atoms. The van der Waals surface area contributed by atoms with E-state index in [1.807, 2.05) is 13.8 Å². The molecular formula is C30H40FN5O5S. The number of anilines is 1. The molecule has 0 radical (unpaired) electrons. The predicted octanol–water partition coefficient (Wildman–Crippen LogP) is 3.00. The number of benzene rings is 1. The zero-order valence-electron chi connectivity index (χ0n) is 24.9. The lowest BCUT2D eigenvalue weighted by molar-refractivity contribution is -0.227. The molecule has 10 nitrogen and oxygen atoms in total. The topological polar surface area (TPSA) is 96.5 Å². The van der Waals surface area contributed by atoms with Gasteiger partial charge in [-0.05, 0) is 37.1 Å². The summed E-state index contributed by atoms with van der Waals surface area (Å²) in [7, 11) is 5.13. The average molecular weight is 602 g/mol. The van der Waals surface area contributed by atoms with Gasteiger partial charge in [0.25, 0.3) is 5.91 Å². The minimum Gasteiger partial charge on any atom is -0.366 e. The molecule has 0 saturated carbocycles. The minimum absolute atomic E-state index is 0.139. The Bertz CT molecular complexity index is 1310. The van der Waals surface area contributed by atoms with Crippen molar-refractivity contribution in [3.8, 4) is 11.3 Å². The standard InChI is InChI=1S/C30H40FN5O5S/c1-18(2)15-22(28(38)36-16-19(3)24-25(36)30(39-5,40-6)17-41-24)32-27(37)21-9-7-20(8-10-21)23-26(31)42-29(33-23)35-13-11-34(4)12-14-35/h7-10,18,22,24-25H,3,11-17H2,1-2,4-6H3,(H,32,37)/t22-,24+,25-/m0/s1. The molecule has 3 saturated heterocycles. The van der Waals surface area contributed by atoms with Crippen LogP contribution < -0.4 is 10.2 Å². The van der Waals surface area contributed by atoms with Crippen LogP contribution in [0.25, 0.3) is 11.3 Å². The minimum atomic E-state index is -1.11. The van der Waals surface area contributed by atoms with E-state index in [4.69, 9.17) is 14.2 Å². The number of halogens is 1. The number of aromatic nitrogens is 1. The van der Waals surface area contributed by atoms with E-state index < -0.39 is 24.0 Å². The Morgan fingerprint density at radius 2 is 1.86 bits per heavy atom. The Labute approximate surface area is 250 Å². The summed E-state index contributed by atoms with van der Waals surface area (Å²) in [5.41, 5.74) is 2.00. The van der Waals surface area contributed by atoms with Gasteiger partial charge in [-0.1, -0.05) is 43.9 Å². The van der Waals surface area contributed by atoms with E-state index in [1.54, 1.807) is 29.2 Å². The molecule has 42 heavy (non-hydrogen) atoms. The quantitative estimate of drug-likeness (QED) is 0.346. The zero-order chi connectivity index (χ0) is 30.2. The molecule has 1 aromatic carbocycles. The Kier molecular flexibility index (Phi) is 9.00. The number of thiazole rings is 1. The number of carbonyl (C=O) groups excluding carboxylic acids is 2. The molecule has 2 aromatic rings. The number of likely N-dealkylation sites (N-methyl/N-ethyl adjacent to an activating group) is 1. The van der Waals surface area contributed by atoms with Gasteiger partial charge in [0.15, 0.2) is 5.13 Å². The van der Waals surface area contributed by atoms with E-state index in [0.717, 1.165) is 43.1 Å². The van der Waals surface area contributed by atoms with Gasteiger partial charge in [0.2, 0.25) is 16.8 Å². The molecule has 3 atom stereocenters. The van der Waals surface area contributed by atoms with Gasteiger partial charge < -0.3 is 34.2 Å². The highest BCUT2D eigenvalue weighted by molar-refractivity contribution is 7.14. The van der Waals surface area contributed by atoms with Gasteiger partial charge in [-0.3, -0.25) is 9.59 Å². The molecule has 3 aliphatic rings. The molecule has 4 heterocycles. The monoisotopic (exact) mass is 601 g/mol. The Morgan fingerprint density at radius 1 is 1.19 bits per heavy atom. The summed E-state index contributed by atoms with van der Waals surface area (Å²) < 4.78 is 32.2. The van der Waals surface area contributed by atoms with Crippen LogP contribution in [-0.4, -0.2) is 111 Å². The van der Waals surface area contributed by atoms with Crippen molar-refractivity contribution in [2.45, 2.75) is 44.2 Å². The fraction of sp³-hybridized carbons (Fsp3) is 0.567. The summed E-state index contributed by atoms with van der Waals surface area (Å²) in [6.45, 7) is 12.0. The molecule has 1 aromatic heterocycles. The van der Waals surface area contributed by atoms with Crippen LogP contribution in [0.4, 0.5) is 9.52 Å². The highest BCUT2D eigenvalue weighted by Gasteiger charge is 2.60. The van der Waals surface area contributed by atoms with E-state index in [2.05, 4.69) is 33.7 Å². The van der Waals surface area contributed by atoms with Gasteiger partial charge in [0, 0.05) is 58.1 Å². The van der Waals surface area contributed by atoms with Gasteiger partial charge in [0.05, 0.1) is 0 Å². The summed E-state index contributed by atoms with van der Waals surface area (Å²) in [5, 5.41) is 3.25. The van der Waals surface area contributed by atoms with E-state index in [0.29, 0.717) is 22.7 Å². The number of methoxy groups -OCH3 is 2. The van der Waals surface area contributed by atoms with Crippen LogP contribution in [0.15, 0.2) is 36.4 Å². The van der Waals surface area contributed by atoms with Crippen molar-refractivity contribution in [2.24, 2.45) is 5.92 Å². The Hall–Kier alpha value is -2.90. The van der Waals surface area contributed by atoms with E-state index in [-0.39, 0.29) is 41.7 Å². The van der Waals surface area contributed by atoms with Crippen molar-refractivity contribution in [1.29, 1.82) is 0 Å². The molecule has 2 amide bonds. The molecule has 1 N–H and O–H groups in total. The molecule has 0 aliphatic carbocycles. The molecule has 5 rings (SSSR count). The molecule has 0 bridgehead atoms. The van der Waals surface area contributed by atoms with Crippen LogP contribution in [0.2, 0.25) is 0 Å². The highest BCUT2D eigenvalue weighted by atomic mass is 32.1. The number of nitrogens with one attached hydrogen (secondary N) is 1. The number of likely N-dealkylation sites (tertiary alicyclic amines) is 1. The lowest BCUT2D eigenvalue weighted by atomic mass is 9.99. The third-order valence-electron chi connectivity index (χ3n) is 8.37. The maximum Gasteiger partial charge on any atom is 0.251 e. The lowest BCUT2D eigenvalue weighted by Gasteiger charge is -2.37. The van der Waals surface area contributed by atoms with Crippen molar-refractivity contribution in [1.82, 2.24) is 20.1 Å². The van der Waals surface area contributed by atoms with E-state index in [9.17, 15) is 14.0 Å². The number of rotatable bonds is 9. The van der Waals surface area contributed by atoms with Crippen molar-refractivity contribution < 1.29 is 28.2 Å². The van der Waals surface area contributed by atoms with Crippen LogP contribution >= 0.6 is 11.3 Å². The number of ether oxygens (including phenoxy) is 3. The molecule has 228 valence electrons. The van der Waals surface area contributed by atoms with Crippen molar-refractivity contribution >= 4 is 28.3 Å². The van der Waals surface area contributed by atoms with Crippen molar-refractivity contribution in [2.75, 3.05) is 65.5 Å². The van der Waals surface area contributed by atoms with Crippen LogP contribution in [0, 0.1) is 11.0 Å². The second kappa shape index (κ2) is 12.4. The fourth-order valence-electron chi connectivity index (χ4n) is 5.94. The molecule has 3 aliphatic heterocycles. The highest BCUT2D eigenvalue weighted by Crippen LogP contribution is 2.41. The maximum absolute atomic E-state index is 14.9. The number of hydrogen-bond donors (Lipinski definition) is 1. The maximum atomic E-state index is 14.9. The second-order valence-electron chi connectivity index (χ2n) is 11.7. The first kappa shape index (κ1) is 30.6. The van der Waals surface area contributed by atoms with Gasteiger partial charge in [0.1, 0.15) is 30.5 Å². The molecule has 12 heteroatoms. The van der Waals surface area contributed by atoms with Gasteiger partial charge in [-0.15, -0.1) is 0 Å². The third-order valence-corrected chi connectivity index (χ3v) is 9.27. The number of amides is 2. The van der Waals surface area contributed by atoms with Gasteiger partial charge in [-0.25, -0.2) is 4.98 Å². The van der Waals surface area contributed by atoms with E-state index >= 15 is 0 Å². The molecule has 3 fully saturated rings. The summed E-state index contributed by atoms with van der Waals surface area (Å²) in [6.07, 6.45) is 0.0373. The summed E-state index contributed by atoms with van der Waals surface area (Å²) >= 11 is 1.04.